The van der Waals surface area contributed by atoms with E-state index in [1.165, 1.54) is 0 Å². The molecule has 1 aromatic rings. The van der Waals surface area contributed by atoms with E-state index < -0.39 is 48.7 Å². The van der Waals surface area contributed by atoms with Gasteiger partial charge in [0, 0.05) is 38.8 Å². The van der Waals surface area contributed by atoms with Gasteiger partial charge in [-0.3, -0.25) is 19.2 Å². The van der Waals surface area contributed by atoms with Gasteiger partial charge >= 0.3 is 17.9 Å². The largest absolute Gasteiger partial charge is 0.461 e. The number of carbonyl (C=O) groups excluding carboxylic acids is 5. The first-order valence-corrected chi connectivity index (χ1v) is 17.5. The van der Waals surface area contributed by atoms with Gasteiger partial charge in [-0.25, -0.2) is 4.79 Å². The molecular formula is C35H55N3O12. The Bertz CT molecular complexity index is 1170. The molecule has 50 heavy (non-hydrogen) atoms. The van der Waals surface area contributed by atoms with Gasteiger partial charge in [-0.1, -0.05) is 43.2 Å². The molecular weight excluding hydrogens is 654 g/mol. The van der Waals surface area contributed by atoms with Gasteiger partial charge in [0.1, 0.15) is 31.0 Å². The first-order chi connectivity index (χ1) is 24.0. The number of esters is 3. The lowest BCUT2D eigenvalue weighted by Gasteiger charge is -2.38. The van der Waals surface area contributed by atoms with Crippen LogP contribution in [0.4, 0.5) is 0 Å². The van der Waals surface area contributed by atoms with Gasteiger partial charge in [-0.05, 0) is 57.4 Å². The molecule has 0 aliphatic carbocycles. The van der Waals surface area contributed by atoms with Gasteiger partial charge in [0.05, 0.1) is 12.7 Å². The summed E-state index contributed by atoms with van der Waals surface area (Å²) in [7, 11) is 0. The summed E-state index contributed by atoms with van der Waals surface area (Å²) in [6, 6.07) is 8.50. The van der Waals surface area contributed by atoms with Crippen molar-refractivity contribution in [1.29, 1.82) is 0 Å². The summed E-state index contributed by atoms with van der Waals surface area (Å²) in [5.74, 6) is -2.03. The molecule has 1 fully saturated rings. The molecule has 0 radical (unpaired) electrons. The van der Waals surface area contributed by atoms with Crippen LogP contribution in [-0.2, 0) is 49.5 Å². The molecule has 0 bridgehead atoms. The highest BCUT2D eigenvalue weighted by Gasteiger charge is 2.42. The van der Waals surface area contributed by atoms with Crippen LogP contribution < -0.4 is 16.4 Å². The molecule has 1 heterocycles. The van der Waals surface area contributed by atoms with E-state index in [-0.39, 0.29) is 56.8 Å². The Balaban J connectivity index is 1.39. The minimum Gasteiger partial charge on any atom is -0.461 e. The molecule has 1 aliphatic heterocycles. The third kappa shape index (κ3) is 18.0. The molecule has 1 saturated heterocycles. The number of unbranched alkanes of at least 4 members (excludes halogenated alkanes) is 5. The molecule has 282 valence electrons. The predicted molar refractivity (Wildman–Crippen MR) is 180 cm³/mol. The minimum atomic E-state index is -1.41. The lowest BCUT2D eigenvalue weighted by molar-refractivity contribution is -0.292. The fraction of sp³-hybridized carbons (Fsp3) is 0.686. The number of amides is 2. The fourth-order valence-corrected chi connectivity index (χ4v) is 5.04. The fourth-order valence-electron chi connectivity index (χ4n) is 5.04. The quantitative estimate of drug-likeness (QED) is 0.0505. The zero-order chi connectivity index (χ0) is 36.7. The molecule has 0 saturated carbocycles. The maximum atomic E-state index is 12.1. The van der Waals surface area contributed by atoms with Gasteiger partial charge < -0.3 is 50.6 Å². The maximum Gasteiger partial charge on any atom is 0.330 e. The van der Waals surface area contributed by atoms with Crippen LogP contribution in [0, 0.1) is 0 Å². The molecule has 2 rings (SSSR count). The van der Waals surface area contributed by atoms with E-state index in [4.69, 9.17) is 24.7 Å². The summed E-state index contributed by atoms with van der Waals surface area (Å²) in [6.07, 6.45) is 0.152. The number of hydrogen-bond acceptors (Lipinski definition) is 13. The monoisotopic (exact) mass is 709 g/mol. The smallest absolute Gasteiger partial charge is 0.330 e. The van der Waals surface area contributed by atoms with Crippen LogP contribution in [-0.4, -0.2) is 101 Å². The van der Waals surface area contributed by atoms with Gasteiger partial charge in [0.25, 0.3) is 0 Å². The van der Waals surface area contributed by atoms with Gasteiger partial charge in [0.2, 0.25) is 11.8 Å². The van der Waals surface area contributed by atoms with Crippen molar-refractivity contribution in [2.24, 2.45) is 5.73 Å². The number of rotatable bonds is 24. The summed E-state index contributed by atoms with van der Waals surface area (Å²) in [4.78, 5) is 60.0. The Morgan fingerprint density at radius 1 is 0.760 bits per heavy atom. The number of carbonyl (C=O) groups is 5. The molecule has 0 unspecified atom stereocenters. The van der Waals surface area contributed by atoms with Crippen molar-refractivity contribution in [3.05, 3.63) is 35.9 Å². The van der Waals surface area contributed by atoms with Crippen molar-refractivity contribution >= 4 is 29.7 Å². The highest BCUT2D eigenvalue weighted by Crippen LogP contribution is 2.21. The van der Waals surface area contributed by atoms with Crippen LogP contribution >= 0.6 is 0 Å². The Kier molecular flexibility index (Phi) is 21.0. The Labute approximate surface area is 293 Å². The average molecular weight is 710 g/mol. The Morgan fingerprint density at radius 2 is 1.36 bits per heavy atom. The zero-order valence-electron chi connectivity index (χ0n) is 29.0. The van der Waals surface area contributed by atoms with Crippen LogP contribution in [0.1, 0.15) is 96.0 Å². The molecule has 0 spiro atoms. The Morgan fingerprint density at radius 3 is 2.02 bits per heavy atom. The standard InChI is InChI=1S/C35H55N3O12/c1-24-31(43)32(44)33(45)35(49-24)47-22-21-38-28(40)17-10-9-16-27(39)37-20-12-11-15-26(36)34(46)50-30(42)19-8-3-2-7-18-29(41)48-23-25-13-5-4-6-14-25/h4-6,13-14,24,26,31-33,35,43-45H,2-3,7-12,15-23,36H2,1H3,(H,37,39)(H,38,40)/t24-,26-,31+,32+,33-,35+/m0/s1. The van der Waals surface area contributed by atoms with Crippen molar-refractivity contribution in [2.75, 3.05) is 19.7 Å². The van der Waals surface area contributed by atoms with Crippen LogP contribution in [0.25, 0.3) is 0 Å². The van der Waals surface area contributed by atoms with Gasteiger partial charge in [-0.2, -0.15) is 0 Å². The summed E-state index contributed by atoms with van der Waals surface area (Å²) < 4.78 is 20.8. The first kappa shape index (κ1) is 42.7. The molecule has 6 atom stereocenters. The third-order valence-corrected chi connectivity index (χ3v) is 8.11. The van der Waals surface area contributed by atoms with E-state index in [1.807, 2.05) is 30.3 Å². The third-order valence-electron chi connectivity index (χ3n) is 8.11. The van der Waals surface area contributed by atoms with Crippen LogP contribution in [0.15, 0.2) is 30.3 Å². The summed E-state index contributed by atoms with van der Waals surface area (Å²) in [6.45, 7) is 2.40. The molecule has 1 aliphatic rings. The van der Waals surface area contributed by atoms with Gasteiger partial charge in [-0.15, -0.1) is 0 Å². The number of aliphatic hydroxyl groups excluding tert-OH is 3. The van der Waals surface area contributed by atoms with E-state index in [2.05, 4.69) is 10.6 Å². The van der Waals surface area contributed by atoms with Crippen molar-refractivity contribution < 1.29 is 58.2 Å². The summed E-state index contributed by atoms with van der Waals surface area (Å²) >= 11 is 0. The summed E-state index contributed by atoms with van der Waals surface area (Å²) in [5.41, 5.74) is 6.79. The predicted octanol–water partition coefficient (Wildman–Crippen LogP) is 1.27. The van der Waals surface area contributed by atoms with Crippen LogP contribution in [0.5, 0.6) is 0 Å². The average Bonchev–Trinajstić information content (AvgIpc) is 3.10. The second kappa shape index (κ2) is 24.6. The van der Waals surface area contributed by atoms with E-state index in [0.29, 0.717) is 64.3 Å². The SMILES string of the molecule is C[C@@H]1O[C@@H](OCCNC(=O)CCCCC(=O)NCCCC[C@H](N)C(=O)OC(=O)CCCCCCC(=O)OCc2ccccc2)[C@@H](O)[C@H](O)[C@@H]1O. The number of ether oxygens (including phenoxy) is 4. The number of aliphatic hydroxyl groups is 3. The van der Waals surface area contributed by atoms with Crippen LogP contribution in [0.3, 0.4) is 0 Å². The molecule has 7 N–H and O–H groups in total. The first-order valence-electron chi connectivity index (χ1n) is 17.5. The second-order valence-corrected chi connectivity index (χ2v) is 12.4. The van der Waals surface area contributed by atoms with Gasteiger partial charge in [0.15, 0.2) is 6.29 Å². The Hall–Kier alpha value is -3.47. The van der Waals surface area contributed by atoms with E-state index in [9.17, 15) is 39.3 Å². The number of nitrogens with one attached hydrogen (secondary N) is 2. The molecule has 0 aromatic heterocycles. The highest BCUT2D eigenvalue weighted by atomic mass is 16.7. The van der Waals surface area contributed by atoms with E-state index in [0.717, 1.165) is 12.0 Å². The zero-order valence-corrected chi connectivity index (χ0v) is 29.0. The lowest BCUT2D eigenvalue weighted by Crippen LogP contribution is -2.57. The molecule has 1 aromatic carbocycles. The van der Waals surface area contributed by atoms with E-state index in [1.54, 1.807) is 6.92 Å². The lowest BCUT2D eigenvalue weighted by atomic mass is 10.0. The molecule has 15 nitrogen and oxygen atoms in total. The van der Waals surface area contributed by atoms with Crippen molar-refractivity contribution in [3.63, 3.8) is 0 Å². The van der Waals surface area contributed by atoms with E-state index >= 15 is 0 Å². The minimum absolute atomic E-state index is 0.0368. The second-order valence-electron chi connectivity index (χ2n) is 12.4. The summed E-state index contributed by atoms with van der Waals surface area (Å²) in [5, 5.41) is 34.9. The topological polar surface area (TPSA) is 233 Å². The number of nitrogens with two attached hydrogens (primary N) is 1. The van der Waals surface area contributed by atoms with Crippen molar-refractivity contribution in [2.45, 2.75) is 134 Å². The molecule has 2 amide bonds. The van der Waals surface area contributed by atoms with Crippen molar-refractivity contribution in [3.8, 4) is 0 Å². The van der Waals surface area contributed by atoms with Crippen molar-refractivity contribution in [1.82, 2.24) is 10.6 Å². The van der Waals surface area contributed by atoms with Crippen LogP contribution in [0.2, 0.25) is 0 Å². The molecule has 15 heteroatoms. The normalized spacial score (nSPS) is 20.8. The number of benzene rings is 1. The highest BCUT2D eigenvalue weighted by molar-refractivity contribution is 5.88. The maximum absolute atomic E-state index is 12.1. The number of hydrogen-bond donors (Lipinski definition) is 6.